The van der Waals surface area contributed by atoms with Gasteiger partial charge in [-0.2, -0.15) is 4.31 Å². The second-order valence-electron chi connectivity index (χ2n) is 7.68. The van der Waals surface area contributed by atoms with Gasteiger partial charge in [-0.25, -0.2) is 13.4 Å². The lowest BCUT2D eigenvalue weighted by molar-refractivity contribution is 0.309. The third kappa shape index (κ3) is 5.77. The lowest BCUT2D eigenvalue weighted by Gasteiger charge is -2.34. The molecule has 1 saturated heterocycles. The number of sulfonamides is 1. The molecule has 1 aromatic carbocycles. The summed E-state index contributed by atoms with van der Waals surface area (Å²) < 4.78 is 33.2. The molecule has 0 amide bonds. The van der Waals surface area contributed by atoms with Crippen LogP contribution in [0.15, 0.2) is 65.7 Å². The number of nitrogens with zero attached hydrogens (tertiary/aromatic N) is 5. The monoisotopic (exact) mass is 468 g/mol. The molecule has 0 aliphatic carbocycles. The Morgan fingerprint density at radius 2 is 1.73 bits per heavy atom. The number of piperazine rings is 1. The molecule has 1 fully saturated rings. The van der Waals surface area contributed by atoms with Crippen molar-refractivity contribution in [3.63, 3.8) is 0 Å². The second kappa shape index (κ2) is 10.6. The van der Waals surface area contributed by atoms with E-state index in [0.29, 0.717) is 56.0 Å². The van der Waals surface area contributed by atoms with Crippen molar-refractivity contribution in [2.45, 2.75) is 24.7 Å². The van der Waals surface area contributed by atoms with E-state index in [0.717, 1.165) is 12.8 Å². The first-order valence-corrected chi connectivity index (χ1v) is 12.5. The maximum atomic E-state index is 13.0. The lowest BCUT2D eigenvalue weighted by atomic mass is 10.3. The fourth-order valence-electron chi connectivity index (χ4n) is 3.48. The standard InChI is InChI=1S/C23H28N6O3S/c1-2-3-18-32-19-7-9-20(10-8-19)33(30,31)29-16-14-28(15-17-29)23-12-11-22(26-27-23)25-21-6-4-5-13-24-21/h4-13H,2-3,14-18H2,1H3,(H,24,25,26). The van der Waals surface area contributed by atoms with Crippen LogP contribution in [0.2, 0.25) is 0 Å². The summed E-state index contributed by atoms with van der Waals surface area (Å²) in [4.78, 5) is 6.52. The molecule has 0 atom stereocenters. The zero-order valence-corrected chi connectivity index (χ0v) is 19.4. The Balaban J connectivity index is 1.33. The van der Waals surface area contributed by atoms with Crippen LogP contribution < -0.4 is 15.0 Å². The second-order valence-corrected chi connectivity index (χ2v) is 9.62. The minimum atomic E-state index is -3.55. The molecule has 0 unspecified atom stereocenters. The van der Waals surface area contributed by atoms with Crippen LogP contribution in [0.1, 0.15) is 19.8 Å². The summed E-state index contributed by atoms with van der Waals surface area (Å²) in [6.07, 6.45) is 3.72. The molecule has 2 aromatic heterocycles. The van der Waals surface area contributed by atoms with Gasteiger partial charge in [0, 0.05) is 32.4 Å². The number of hydrogen-bond donors (Lipinski definition) is 1. The van der Waals surface area contributed by atoms with Crippen LogP contribution in [0.3, 0.4) is 0 Å². The van der Waals surface area contributed by atoms with Gasteiger partial charge in [-0.15, -0.1) is 10.2 Å². The first-order valence-electron chi connectivity index (χ1n) is 11.1. The first kappa shape index (κ1) is 22.9. The number of ether oxygens (including phenoxy) is 1. The average Bonchev–Trinajstić information content (AvgIpc) is 2.86. The fraction of sp³-hybridized carbons (Fsp3) is 0.348. The van der Waals surface area contributed by atoms with Gasteiger partial charge in [-0.3, -0.25) is 0 Å². The zero-order chi connectivity index (χ0) is 23.1. The van der Waals surface area contributed by atoms with E-state index in [4.69, 9.17) is 4.74 Å². The number of benzene rings is 1. The highest BCUT2D eigenvalue weighted by Crippen LogP contribution is 2.23. The number of rotatable bonds is 9. The highest BCUT2D eigenvalue weighted by atomic mass is 32.2. The van der Waals surface area contributed by atoms with Crippen molar-refractivity contribution < 1.29 is 13.2 Å². The smallest absolute Gasteiger partial charge is 0.243 e. The summed E-state index contributed by atoms with van der Waals surface area (Å²) in [5, 5.41) is 11.6. The van der Waals surface area contributed by atoms with Gasteiger partial charge >= 0.3 is 0 Å². The maximum absolute atomic E-state index is 13.0. The molecule has 3 aromatic rings. The summed E-state index contributed by atoms with van der Waals surface area (Å²) in [6.45, 7) is 4.58. The van der Waals surface area contributed by atoms with Gasteiger partial charge in [-0.1, -0.05) is 19.4 Å². The van der Waals surface area contributed by atoms with E-state index in [1.807, 2.05) is 35.2 Å². The molecule has 3 heterocycles. The number of aromatic nitrogens is 3. The van der Waals surface area contributed by atoms with Crippen LogP contribution in [-0.2, 0) is 10.0 Å². The highest BCUT2D eigenvalue weighted by molar-refractivity contribution is 7.89. The van der Waals surface area contributed by atoms with Crippen molar-refractivity contribution in [2.75, 3.05) is 43.0 Å². The van der Waals surface area contributed by atoms with E-state index in [9.17, 15) is 8.42 Å². The fourth-order valence-corrected chi connectivity index (χ4v) is 4.90. The summed E-state index contributed by atoms with van der Waals surface area (Å²) in [6, 6.07) is 16.0. The number of unbranched alkanes of at least 4 members (excludes halogenated alkanes) is 1. The SMILES string of the molecule is CCCCOc1ccc(S(=O)(=O)N2CCN(c3ccc(Nc4ccccn4)nn3)CC2)cc1. The molecule has 0 spiro atoms. The molecule has 0 saturated carbocycles. The Hall–Kier alpha value is -3.24. The van der Waals surface area contributed by atoms with Crippen molar-refractivity contribution in [3.8, 4) is 5.75 Å². The van der Waals surface area contributed by atoms with Crippen molar-refractivity contribution >= 4 is 27.5 Å². The van der Waals surface area contributed by atoms with E-state index >= 15 is 0 Å². The molecule has 9 nitrogen and oxygen atoms in total. The Bertz CT molecular complexity index is 1120. The van der Waals surface area contributed by atoms with Crippen molar-refractivity contribution in [1.82, 2.24) is 19.5 Å². The molecular weight excluding hydrogens is 440 g/mol. The minimum absolute atomic E-state index is 0.281. The largest absolute Gasteiger partial charge is 0.494 e. The lowest BCUT2D eigenvalue weighted by Crippen LogP contribution is -2.48. The Labute approximate surface area is 194 Å². The number of nitrogens with one attached hydrogen (secondary N) is 1. The molecule has 1 aliphatic rings. The average molecular weight is 469 g/mol. The third-order valence-corrected chi connectivity index (χ3v) is 7.28. The van der Waals surface area contributed by atoms with Gasteiger partial charge < -0.3 is 15.0 Å². The first-order chi connectivity index (χ1) is 16.1. The molecule has 1 N–H and O–H groups in total. The van der Waals surface area contributed by atoms with Gasteiger partial charge in [0.1, 0.15) is 11.6 Å². The van der Waals surface area contributed by atoms with E-state index in [1.165, 1.54) is 4.31 Å². The molecule has 10 heteroatoms. The highest BCUT2D eigenvalue weighted by Gasteiger charge is 2.29. The number of hydrogen-bond acceptors (Lipinski definition) is 8. The van der Waals surface area contributed by atoms with E-state index in [-0.39, 0.29) is 4.90 Å². The van der Waals surface area contributed by atoms with E-state index < -0.39 is 10.0 Å². The summed E-state index contributed by atoms with van der Waals surface area (Å²) in [5.41, 5.74) is 0. The van der Waals surface area contributed by atoms with Crippen LogP contribution in [-0.4, -0.2) is 60.7 Å². The third-order valence-electron chi connectivity index (χ3n) is 5.36. The molecule has 174 valence electrons. The molecule has 0 radical (unpaired) electrons. The zero-order valence-electron chi connectivity index (χ0n) is 18.6. The van der Waals surface area contributed by atoms with Gasteiger partial charge in [0.25, 0.3) is 0 Å². The van der Waals surface area contributed by atoms with Crippen LogP contribution in [0, 0.1) is 0 Å². The maximum Gasteiger partial charge on any atom is 0.243 e. The van der Waals surface area contributed by atoms with E-state index in [1.54, 1.807) is 30.5 Å². The summed E-state index contributed by atoms with van der Waals surface area (Å²) in [5.74, 6) is 2.69. The Morgan fingerprint density at radius 1 is 0.939 bits per heavy atom. The molecule has 4 rings (SSSR count). The van der Waals surface area contributed by atoms with Gasteiger partial charge in [0.15, 0.2) is 11.6 Å². The predicted molar refractivity (Wildman–Crippen MR) is 127 cm³/mol. The van der Waals surface area contributed by atoms with Crippen LogP contribution in [0.4, 0.5) is 17.5 Å². The van der Waals surface area contributed by atoms with Crippen molar-refractivity contribution in [1.29, 1.82) is 0 Å². The van der Waals surface area contributed by atoms with Crippen molar-refractivity contribution in [3.05, 3.63) is 60.8 Å². The van der Waals surface area contributed by atoms with E-state index in [2.05, 4.69) is 27.4 Å². The van der Waals surface area contributed by atoms with Crippen molar-refractivity contribution in [2.24, 2.45) is 0 Å². The Morgan fingerprint density at radius 3 is 2.36 bits per heavy atom. The number of pyridine rings is 1. The minimum Gasteiger partial charge on any atom is -0.494 e. The summed E-state index contributed by atoms with van der Waals surface area (Å²) in [7, 11) is -3.55. The molecular formula is C23H28N6O3S. The Kier molecular flexibility index (Phi) is 7.36. The van der Waals surface area contributed by atoms with Crippen LogP contribution >= 0.6 is 0 Å². The quantitative estimate of drug-likeness (QED) is 0.478. The topological polar surface area (TPSA) is 101 Å². The molecule has 33 heavy (non-hydrogen) atoms. The van der Waals surface area contributed by atoms with Gasteiger partial charge in [-0.05, 0) is 55.0 Å². The molecule has 0 bridgehead atoms. The van der Waals surface area contributed by atoms with Crippen LogP contribution in [0.25, 0.3) is 0 Å². The summed E-state index contributed by atoms with van der Waals surface area (Å²) >= 11 is 0. The molecule has 1 aliphatic heterocycles. The number of anilines is 3. The van der Waals surface area contributed by atoms with Gasteiger partial charge in [0.2, 0.25) is 10.0 Å². The predicted octanol–water partition coefficient (Wildman–Crippen LogP) is 3.31. The normalized spacial score (nSPS) is 14.8. The van der Waals surface area contributed by atoms with Crippen LogP contribution in [0.5, 0.6) is 5.75 Å². The van der Waals surface area contributed by atoms with Gasteiger partial charge in [0.05, 0.1) is 11.5 Å².